The average molecular weight is 228 g/mol. The van der Waals surface area contributed by atoms with Gasteiger partial charge in [0.2, 0.25) is 5.91 Å². The van der Waals surface area contributed by atoms with Crippen molar-refractivity contribution in [3.05, 3.63) is 59.9 Å². The first-order valence-electron chi connectivity index (χ1n) is 5.66. The number of rotatable bonds is 4. The molecule has 3 nitrogen and oxygen atoms in total. The normalized spacial score (nSPS) is 10.2. The molecule has 0 saturated heterocycles. The minimum atomic E-state index is 0.122. The van der Waals surface area contributed by atoms with Crippen LogP contribution in [0, 0.1) is 0 Å². The number of benzene rings is 1. The largest absolute Gasteiger partial charge is 0.365 e. The molecule has 0 aliphatic heterocycles. The van der Waals surface area contributed by atoms with E-state index in [9.17, 15) is 4.79 Å². The second-order valence-electron chi connectivity index (χ2n) is 4.11. The quantitative estimate of drug-likeness (QED) is 0.855. The molecule has 0 atom stereocenters. The van der Waals surface area contributed by atoms with E-state index in [4.69, 9.17) is 0 Å². The van der Waals surface area contributed by atoms with E-state index in [1.165, 1.54) is 0 Å². The third kappa shape index (κ3) is 3.21. The predicted octanol–water partition coefficient (Wildman–Crippen LogP) is 2.22. The van der Waals surface area contributed by atoms with Crippen molar-refractivity contribution in [3.63, 3.8) is 0 Å². The minimum absolute atomic E-state index is 0.122. The van der Waals surface area contributed by atoms with E-state index in [0.29, 0.717) is 13.0 Å². The Kier molecular flexibility index (Phi) is 3.60. The van der Waals surface area contributed by atoms with Crippen LogP contribution in [0.25, 0.3) is 0 Å². The second-order valence-corrected chi connectivity index (χ2v) is 4.11. The van der Waals surface area contributed by atoms with Gasteiger partial charge in [-0.3, -0.25) is 4.79 Å². The summed E-state index contributed by atoms with van der Waals surface area (Å²) in [5.74, 6) is 0.122. The molecule has 2 aromatic rings. The van der Waals surface area contributed by atoms with Crippen LogP contribution in [0.1, 0.15) is 11.3 Å². The number of hydrogen-bond acceptors (Lipinski definition) is 1. The summed E-state index contributed by atoms with van der Waals surface area (Å²) in [6.45, 7) is 0.653. The van der Waals surface area contributed by atoms with E-state index in [1.54, 1.807) is 4.90 Å². The molecule has 1 N–H and O–H groups in total. The lowest BCUT2D eigenvalue weighted by Gasteiger charge is -2.16. The molecule has 0 aliphatic carbocycles. The van der Waals surface area contributed by atoms with Gasteiger partial charge in [0, 0.05) is 25.5 Å². The molecule has 88 valence electrons. The van der Waals surface area contributed by atoms with Crippen molar-refractivity contribution in [3.8, 4) is 0 Å². The van der Waals surface area contributed by atoms with Gasteiger partial charge in [0.1, 0.15) is 0 Å². The molecule has 0 bridgehead atoms. The van der Waals surface area contributed by atoms with Crippen molar-refractivity contribution in [1.82, 2.24) is 9.88 Å². The maximum Gasteiger partial charge on any atom is 0.228 e. The summed E-state index contributed by atoms with van der Waals surface area (Å²) in [4.78, 5) is 16.7. The number of nitrogens with zero attached hydrogens (tertiary/aromatic N) is 1. The van der Waals surface area contributed by atoms with Crippen LogP contribution in [0.15, 0.2) is 48.7 Å². The number of carbonyl (C=O) groups excluding carboxylic acids is 1. The van der Waals surface area contributed by atoms with Gasteiger partial charge >= 0.3 is 0 Å². The highest BCUT2D eigenvalue weighted by Crippen LogP contribution is 2.05. The Hall–Kier alpha value is -2.03. The van der Waals surface area contributed by atoms with Crippen molar-refractivity contribution in [2.45, 2.75) is 13.0 Å². The highest BCUT2D eigenvalue weighted by atomic mass is 16.2. The summed E-state index contributed by atoms with van der Waals surface area (Å²) in [7, 11) is 1.83. The van der Waals surface area contributed by atoms with Crippen LogP contribution < -0.4 is 0 Å². The number of aromatic amines is 1. The lowest BCUT2D eigenvalue weighted by Crippen LogP contribution is -2.27. The molecular formula is C14H16N2O. The molecule has 1 aromatic heterocycles. The molecule has 1 aromatic carbocycles. The van der Waals surface area contributed by atoms with E-state index < -0.39 is 0 Å². The van der Waals surface area contributed by atoms with Gasteiger partial charge in [-0.2, -0.15) is 0 Å². The van der Waals surface area contributed by atoms with E-state index in [1.807, 2.05) is 55.7 Å². The molecule has 0 fully saturated rings. The Labute approximate surface area is 101 Å². The summed E-state index contributed by atoms with van der Waals surface area (Å²) in [5, 5.41) is 0. The van der Waals surface area contributed by atoms with Crippen molar-refractivity contribution >= 4 is 5.91 Å². The molecule has 1 heterocycles. The maximum atomic E-state index is 11.9. The van der Waals surface area contributed by atoms with E-state index in [0.717, 1.165) is 11.3 Å². The molecule has 0 aliphatic rings. The summed E-state index contributed by atoms with van der Waals surface area (Å²) >= 11 is 0. The highest BCUT2D eigenvalue weighted by Gasteiger charge is 2.10. The van der Waals surface area contributed by atoms with Gasteiger partial charge in [0.05, 0.1) is 6.42 Å². The SMILES string of the molecule is CN(Cc1ccccc1)C(=O)Cc1ccc[nH]1. The second kappa shape index (κ2) is 5.34. The topological polar surface area (TPSA) is 36.1 Å². The summed E-state index contributed by atoms with van der Waals surface area (Å²) in [6.07, 6.45) is 2.26. The van der Waals surface area contributed by atoms with Crippen molar-refractivity contribution in [1.29, 1.82) is 0 Å². The lowest BCUT2D eigenvalue weighted by atomic mass is 10.2. The van der Waals surface area contributed by atoms with Gasteiger partial charge in [-0.1, -0.05) is 30.3 Å². The highest BCUT2D eigenvalue weighted by molar-refractivity contribution is 5.78. The average Bonchev–Trinajstić information content (AvgIpc) is 2.83. The van der Waals surface area contributed by atoms with Crippen LogP contribution in [0.5, 0.6) is 0 Å². The zero-order valence-corrected chi connectivity index (χ0v) is 9.89. The standard InChI is InChI=1S/C14H16N2O/c1-16(11-12-6-3-2-4-7-12)14(17)10-13-8-5-9-15-13/h2-9,15H,10-11H2,1H3. The predicted molar refractivity (Wildman–Crippen MR) is 67.4 cm³/mol. The molecular weight excluding hydrogens is 212 g/mol. The summed E-state index contributed by atoms with van der Waals surface area (Å²) in [6, 6.07) is 13.8. The van der Waals surface area contributed by atoms with Gasteiger partial charge in [-0.15, -0.1) is 0 Å². The number of amides is 1. The van der Waals surface area contributed by atoms with Crippen LogP contribution in [0.3, 0.4) is 0 Å². The van der Waals surface area contributed by atoms with Crippen LogP contribution >= 0.6 is 0 Å². The molecule has 0 unspecified atom stereocenters. The van der Waals surface area contributed by atoms with Gasteiger partial charge in [-0.25, -0.2) is 0 Å². The van der Waals surface area contributed by atoms with Crippen LogP contribution in [0.2, 0.25) is 0 Å². The summed E-state index contributed by atoms with van der Waals surface area (Å²) in [5.41, 5.74) is 2.10. The molecule has 0 saturated carbocycles. The maximum absolute atomic E-state index is 11.9. The first-order chi connectivity index (χ1) is 8.25. The number of H-pyrrole nitrogens is 1. The molecule has 3 heteroatoms. The smallest absolute Gasteiger partial charge is 0.228 e. The molecule has 1 amide bonds. The number of hydrogen-bond donors (Lipinski definition) is 1. The molecule has 17 heavy (non-hydrogen) atoms. The van der Waals surface area contributed by atoms with Crippen LogP contribution in [-0.2, 0) is 17.8 Å². The Balaban J connectivity index is 1.92. The Morgan fingerprint density at radius 1 is 1.18 bits per heavy atom. The van der Waals surface area contributed by atoms with Gasteiger partial charge < -0.3 is 9.88 Å². The fourth-order valence-electron chi connectivity index (χ4n) is 1.72. The van der Waals surface area contributed by atoms with Crippen LogP contribution in [0.4, 0.5) is 0 Å². The zero-order valence-electron chi connectivity index (χ0n) is 9.89. The molecule has 0 radical (unpaired) electrons. The van der Waals surface area contributed by atoms with Crippen molar-refractivity contribution < 1.29 is 4.79 Å². The number of nitrogens with one attached hydrogen (secondary N) is 1. The minimum Gasteiger partial charge on any atom is -0.365 e. The molecule has 0 spiro atoms. The fraction of sp³-hybridized carbons (Fsp3) is 0.214. The van der Waals surface area contributed by atoms with Gasteiger partial charge in [0.15, 0.2) is 0 Å². The van der Waals surface area contributed by atoms with E-state index >= 15 is 0 Å². The third-order valence-electron chi connectivity index (χ3n) is 2.69. The number of likely N-dealkylation sites (N-methyl/N-ethyl adjacent to an activating group) is 1. The Bertz CT molecular complexity index is 462. The van der Waals surface area contributed by atoms with Gasteiger partial charge in [-0.05, 0) is 17.7 Å². The Morgan fingerprint density at radius 2 is 1.94 bits per heavy atom. The number of aromatic nitrogens is 1. The lowest BCUT2D eigenvalue weighted by molar-refractivity contribution is -0.129. The van der Waals surface area contributed by atoms with Crippen molar-refractivity contribution in [2.75, 3.05) is 7.05 Å². The first kappa shape index (κ1) is 11.5. The first-order valence-corrected chi connectivity index (χ1v) is 5.66. The van der Waals surface area contributed by atoms with Gasteiger partial charge in [0.25, 0.3) is 0 Å². The number of carbonyl (C=O) groups is 1. The van der Waals surface area contributed by atoms with E-state index in [-0.39, 0.29) is 5.91 Å². The summed E-state index contributed by atoms with van der Waals surface area (Å²) < 4.78 is 0. The zero-order chi connectivity index (χ0) is 12.1. The molecule has 2 rings (SSSR count). The van der Waals surface area contributed by atoms with E-state index in [2.05, 4.69) is 4.98 Å². The third-order valence-corrected chi connectivity index (χ3v) is 2.69. The monoisotopic (exact) mass is 228 g/mol. The van der Waals surface area contributed by atoms with Crippen molar-refractivity contribution in [2.24, 2.45) is 0 Å². The fourth-order valence-corrected chi connectivity index (χ4v) is 1.72. The Morgan fingerprint density at radius 3 is 2.59 bits per heavy atom. The van der Waals surface area contributed by atoms with Crippen LogP contribution in [-0.4, -0.2) is 22.8 Å².